The molecule has 4 aromatic rings. The van der Waals surface area contributed by atoms with Crippen molar-refractivity contribution >= 4 is 23.4 Å². The molecule has 10 nitrogen and oxygen atoms in total. The first-order valence-electron chi connectivity index (χ1n) is 14.6. The van der Waals surface area contributed by atoms with Gasteiger partial charge in [-0.05, 0) is 69.0 Å². The molecular formula is C31H33ClN8O2. The van der Waals surface area contributed by atoms with Crippen molar-refractivity contribution in [1.82, 2.24) is 34.3 Å². The summed E-state index contributed by atoms with van der Waals surface area (Å²) in [5.41, 5.74) is 5.84. The number of piperazine rings is 1. The topological polar surface area (TPSA) is 105 Å². The summed E-state index contributed by atoms with van der Waals surface area (Å²) in [7, 11) is 0. The normalized spacial score (nSPS) is 17.5. The van der Waals surface area contributed by atoms with Gasteiger partial charge in [0.05, 0.1) is 17.6 Å². The molecule has 7 rings (SSSR count). The summed E-state index contributed by atoms with van der Waals surface area (Å²) < 4.78 is 4.18. The lowest BCUT2D eigenvalue weighted by Gasteiger charge is -2.33. The third-order valence-corrected chi connectivity index (χ3v) is 8.87. The lowest BCUT2D eigenvalue weighted by molar-refractivity contribution is 0.105. The highest BCUT2D eigenvalue weighted by molar-refractivity contribution is 6.30. The van der Waals surface area contributed by atoms with Crippen LogP contribution in [-0.4, -0.2) is 84.0 Å². The van der Waals surface area contributed by atoms with Gasteiger partial charge in [-0.2, -0.15) is 5.10 Å². The van der Waals surface area contributed by atoms with Crippen molar-refractivity contribution < 1.29 is 9.90 Å². The molecule has 0 radical (unpaired) electrons. The molecule has 11 heteroatoms. The lowest BCUT2D eigenvalue weighted by atomic mass is 9.96. The minimum atomic E-state index is -0.822. The predicted octanol–water partition coefficient (Wildman–Crippen LogP) is 5.01. The van der Waals surface area contributed by atoms with Crippen LogP contribution in [0.1, 0.15) is 48.5 Å². The van der Waals surface area contributed by atoms with Crippen LogP contribution >= 0.6 is 11.6 Å². The van der Waals surface area contributed by atoms with Gasteiger partial charge in [0.2, 0.25) is 0 Å². The average molecular weight is 585 g/mol. The Balaban J connectivity index is 1.11. The van der Waals surface area contributed by atoms with E-state index in [2.05, 4.69) is 49.2 Å². The van der Waals surface area contributed by atoms with E-state index in [1.54, 1.807) is 0 Å². The van der Waals surface area contributed by atoms with Gasteiger partial charge in [0.25, 0.3) is 0 Å². The first kappa shape index (κ1) is 26.9. The van der Waals surface area contributed by atoms with Crippen LogP contribution in [0.3, 0.4) is 0 Å². The summed E-state index contributed by atoms with van der Waals surface area (Å²) in [6, 6.07) is 14.4. The Morgan fingerprint density at radius 3 is 2.43 bits per heavy atom. The summed E-state index contributed by atoms with van der Waals surface area (Å²) in [5, 5.41) is 23.5. The van der Waals surface area contributed by atoms with Crippen molar-refractivity contribution in [3.63, 3.8) is 0 Å². The zero-order valence-electron chi connectivity index (χ0n) is 23.6. The maximum atomic E-state index is 11.1. The number of aryl methyl sites for hydroxylation is 2. The fourth-order valence-corrected chi connectivity index (χ4v) is 6.19. The smallest absolute Gasteiger partial charge is 0.407 e. The number of fused-ring (bicyclic) bond motifs is 4. The molecule has 4 heterocycles. The highest BCUT2D eigenvalue weighted by Crippen LogP contribution is 2.51. The Labute approximate surface area is 249 Å². The maximum absolute atomic E-state index is 11.1. The van der Waals surface area contributed by atoms with Gasteiger partial charge in [-0.3, -0.25) is 19.1 Å². The molecule has 1 aliphatic carbocycles. The highest BCUT2D eigenvalue weighted by Gasteiger charge is 2.51. The monoisotopic (exact) mass is 584 g/mol. The van der Waals surface area contributed by atoms with Crippen molar-refractivity contribution in [2.75, 3.05) is 32.7 Å². The molecule has 1 N–H and O–H groups in total. The van der Waals surface area contributed by atoms with Crippen LogP contribution < -0.4 is 0 Å². The van der Waals surface area contributed by atoms with Gasteiger partial charge in [0.1, 0.15) is 11.4 Å². The Bertz CT molecular complexity index is 1660. The number of benzene rings is 2. The van der Waals surface area contributed by atoms with E-state index in [1.807, 2.05) is 42.1 Å². The van der Waals surface area contributed by atoms with E-state index in [0.29, 0.717) is 18.1 Å². The lowest BCUT2D eigenvalue weighted by Crippen LogP contribution is -2.48. The Hall–Kier alpha value is -4.02. The van der Waals surface area contributed by atoms with E-state index in [-0.39, 0.29) is 5.54 Å². The van der Waals surface area contributed by atoms with E-state index >= 15 is 0 Å². The molecule has 2 aliphatic heterocycles. The minimum absolute atomic E-state index is 0.343. The minimum Gasteiger partial charge on any atom is -0.465 e. The van der Waals surface area contributed by atoms with E-state index in [1.165, 1.54) is 4.90 Å². The zero-order valence-corrected chi connectivity index (χ0v) is 24.3. The average Bonchev–Trinajstić information content (AvgIpc) is 3.47. The number of nitrogens with zero attached hydrogens (tertiary/aromatic N) is 8. The summed E-state index contributed by atoms with van der Waals surface area (Å²) in [6.45, 7) is 6.58. The molecule has 1 spiro atoms. The van der Waals surface area contributed by atoms with E-state index in [0.717, 1.165) is 97.2 Å². The molecule has 1 saturated carbocycles. The van der Waals surface area contributed by atoms with Gasteiger partial charge < -0.3 is 10.0 Å². The standard InChI is InChI=1S/C31H33ClN8O2/c1-21-35-36-29-31(10-11-31)34-28(22-4-7-25(32)8-5-22)26-18-23(6-9-27(26)40(21)29)24-19-33-39(20-24)13-3-2-12-37-14-16-38(17-15-37)30(41)42/h4-9,18-20H,2-3,10-17H2,1H3,(H,41,42). The molecule has 0 bridgehead atoms. The second-order valence-electron chi connectivity index (χ2n) is 11.4. The van der Waals surface area contributed by atoms with Crippen molar-refractivity contribution in [1.29, 1.82) is 0 Å². The third kappa shape index (κ3) is 4.98. The SMILES string of the molecule is Cc1nnc2n1-c1ccc(-c3cnn(CCCCN4CCN(C(=O)O)CC4)c3)cc1C(c1ccc(Cl)cc1)=NC21CC1. The van der Waals surface area contributed by atoms with Crippen LogP contribution in [0.4, 0.5) is 4.79 Å². The van der Waals surface area contributed by atoms with Gasteiger partial charge in [0.15, 0.2) is 5.82 Å². The van der Waals surface area contributed by atoms with Gasteiger partial charge >= 0.3 is 6.09 Å². The number of halogens is 1. The number of carboxylic acid groups (broad SMARTS) is 1. The molecule has 216 valence electrons. The first-order chi connectivity index (χ1) is 20.4. The number of aliphatic imine (C=N–C) groups is 1. The molecule has 1 saturated heterocycles. The van der Waals surface area contributed by atoms with E-state index in [4.69, 9.17) is 21.7 Å². The van der Waals surface area contributed by atoms with Crippen LogP contribution in [-0.2, 0) is 12.1 Å². The van der Waals surface area contributed by atoms with E-state index < -0.39 is 6.09 Å². The van der Waals surface area contributed by atoms with Gasteiger partial charge in [-0.1, -0.05) is 29.8 Å². The number of rotatable bonds is 7. The molecule has 2 aromatic carbocycles. The summed E-state index contributed by atoms with van der Waals surface area (Å²) in [5.74, 6) is 1.77. The number of aromatic nitrogens is 5. The summed E-state index contributed by atoms with van der Waals surface area (Å²) in [6.07, 6.45) is 7.18. The number of hydrogen-bond donors (Lipinski definition) is 1. The van der Waals surface area contributed by atoms with Crippen molar-refractivity contribution in [3.8, 4) is 16.8 Å². The summed E-state index contributed by atoms with van der Waals surface area (Å²) >= 11 is 6.24. The second-order valence-corrected chi connectivity index (χ2v) is 11.9. The fraction of sp³-hybridized carbons (Fsp3) is 0.387. The van der Waals surface area contributed by atoms with Crippen LogP contribution in [0.25, 0.3) is 16.8 Å². The second kappa shape index (κ2) is 10.7. The van der Waals surface area contributed by atoms with Crippen molar-refractivity contribution in [3.05, 3.63) is 82.7 Å². The molecule has 1 amide bonds. The maximum Gasteiger partial charge on any atom is 0.407 e. The van der Waals surface area contributed by atoms with Crippen molar-refractivity contribution in [2.24, 2.45) is 4.99 Å². The number of hydrogen-bond acceptors (Lipinski definition) is 6. The molecule has 3 aliphatic rings. The number of unbranched alkanes of at least 4 members (excludes halogenated alkanes) is 1. The van der Waals surface area contributed by atoms with Crippen LogP contribution in [0.5, 0.6) is 0 Å². The molecular weight excluding hydrogens is 552 g/mol. The zero-order chi connectivity index (χ0) is 28.8. The van der Waals surface area contributed by atoms with E-state index in [9.17, 15) is 4.79 Å². The van der Waals surface area contributed by atoms with Gasteiger partial charge in [0, 0.05) is 60.6 Å². The van der Waals surface area contributed by atoms with Gasteiger partial charge in [-0.15, -0.1) is 10.2 Å². The Morgan fingerprint density at radius 1 is 0.952 bits per heavy atom. The number of amides is 1. The molecule has 0 unspecified atom stereocenters. The molecule has 42 heavy (non-hydrogen) atoms. The summed E-state index contributed by atoms with van der Waals surface area (Å²) in [4.78, 5) is 20.3. The molecule has 0 atom stereocenters. The predicted molar refractivity (Wildman–Crippen MR) is 161 cm³/mol. The largest absolute Gasteiger partial charge is 0.465 e. The van der Waals surface area contributed by atoms with Crippen molar-refractivity contribution in [2.45, 2.75) is 44.7 Å². The number of carbonyl (C=O) groups is 1. The Kier molecular flexibility index (Phi) is 6.82. The highest BCUT2D eigenvalue weighted by atomic mass is 35.5. The van der Waals surface area contributed by atoms with Gasteiger partial charge in [-0.25, -0.2) is 4.79 Å². The quantitative estimate of drug-likeness (QED) is 0.306. The first-order valence-corrected chi connectivity index (χ1v) is 14.9. The molecule has 2 fully saturated rings. The van der Waals surface area contributed by atoms with Crippen LogP contribution in [0, 0.1) is 6.92 Å². The van der Waals surface area contributed by atoms with Crippen LogP contribution in [0.15, 0.2) is 59.9 Å². The fourth-order valence-electron chi connectivity index (χ4n) is 6.07. The third-order valence-electron chi connectivity index (χ3n) is 8.62. The Morgan fingerprint density at radius 2 is 1.69 bits per heavy atom. The molecule has 2 aromatic heterocycles. The van der Waals surface area contributed by atoms with Crippen LogP contribution in [0.2, 0.25) is 5.02 Å².